The number of rotatable bonds is 5. The molecule has 3 aromatic rings. The molecule has 0 aliphatic carbocycles. The molecule has 1 aliphatic rings. The quantitative estimate of drug-likeness (QED) is 0.619. The van der Waals surface area contributed by atoms with Gasteiger partial charge in [-0.25, -0.2) is 8.42 Å². The highest BCUT2D eigenvalue weighted by Crippen LogP contribution is 2.30. The first-order valence-electron chi connectivity index (χ1n) is 9.70. The zero-order valence-electron chi connectivity index (χ0n) is 16.8. The number of nitrogens with zero attached hydrogens (tertiary/aromatic N) is 1. The molecule has 0 radical (unpaired) electrons. The van der Waals surface area contributed by atoms with Crippen LogP contribution in [0.3, 0.4) is 0 Å². The van der Waals surface area contributed by atoms with Gasteiger partial charge in [-0.05, 0) is 47.9 Å². The van der Waals surface area contributed by atoms with Crippen LogP contribution in [0.25, 0.3) is 0 Å². The molecule has 1 amide bonds. The van der Waals surface area contributed by atoms with E-state index in [1.165, 1.54) is 24.8 Å². The second-order valence-corrected chi connectivity index (χ2v) is 9.25. The summed E-state index contributed by atoms with van der Waals surface area (Å²) in [6, 6.07) is 19.0. The third-order valence-corrected chi connectivity index (χ3v) is 7.08. The number of amides is 1. The molecule has 6 nitrogen and oxygen atoms in total. The van der Waals surface area contributed by atoms with E-state index in [1.54, 1.807) is 35.2 Å². The van der Waals surface area contributed by atoms with Crippen LogP contribution in [-0.4, -0.2) is 32.9 Å². The van der Waals surface area contributed by atoms with Crippen molar-refractivity contribution < 1.29 is 17.9 Å². The highest BCUT2D eigenvalue weighted by Gasteiger charge is 2.25. The lowest BCUT2D eigenvalue weighted by molar-refractivity contribution is 0.0734. The molecule has 3 aromatic carbocycles. The fourth-order valence-electron chi connectivity index (χ4n) is 3.62. The molecule has 31 heavy (non-hydrogen) atoms. The predicted molar refractivity (Wildman–Crippen MR) is 120 cm³/mol. The summed E-state index contributed by atoms with van der Waals surface area (Å²) in [6.45, 7) is 1.05. The first kappa shape index (κ1) is 21.2. The van der Waals surface area contributed by atoms with E-state index < -0.39 is 10.0 Å². The molecule has 0 bridgehead atoms. The minimum Gasteiger partial charge on any atom is -0.495 e. The third kappa shape index (κ3) is 4.38. The predicted octanol–water partition coefficient (Wildman–Crippen LogP) is 4.35. The second-order valence-electron chi connectivity index (χ2n) is 7.20. The van der Waals surface area contributed by atoms with E-state index >= 15 is 0 Å². The van der Waals surface area contributed by atoms with Gasteiger partial charge in [0.1, 0.15) is 10.6 Å². The number of carbonyl (C=O) groups is 1. The number of fused-ring (bicyclic) bond motifs is 1. The third-order valence-electron chi connectivity index (χ3n) is 5.24. The fourth-order valence-corrected chi connectivity index (χ4v) is 5.22. The summed E-state index contributed by atoms with van der Waals surface area (Å²) in [6.07, 6.45) is 0.760. The van der Waals surface area contributed by atoms with E-state index in [0.29, 0.717) is 18.8 Å². The van der Waals surface area contributed by atoms with E-state index in [2.05, 4.69) is 10.8 Å². The van der Waals surface area contributed by atoms with Gasteiger partial charge in [0.05, 0.1) is 17.8 Å². The Morgan fingerprint density at radius 3 is 2.52 bits per heavy atom. The normalized spacial score (nSPS) is 13.4. The zero-order valence-corrected chi connectivity index (χ0v) is 18.4. The summed E-state index contributed by atoms with van der Waals surface area (Å²) in [5.74, 6) is 0.140. The highest BCUT2D eigenvalue weighted by atomic mass is 35.5. The number of methoxy groups -OCH3 is 1. The summed E-state index contributed by atoms with van der Waals surface area (Å²) < 4.78 is 33.8. The number of para-hydroxylation sites is 2. The van der Waals surface area contributed by atoms with Gasteiger partial charge in [0.25, 0.3) is 15.9 Å². The molecule has 8 heteroatoms. The Hall–Kier alpha value is -3.03. The van der Waals surface area contributed by atoms with Crippen LogP contribution in [0.4, 0.5) is 5.69 Å². The van der Waals surface area contributed by atoms with Crippen molar-refractivity contribution in [3.05, 3.63) is 88.4 Å². The molecule has 0 aromatic heterocycles. The van der Waals surface area contributed by atoms with Crippen molar-refractivity contribution in [2.45, 2.75) is 17.9 Å². The fraction of sp³-hybridized carbons (Fsp3) is 0.174. The van der Waals surface area contributed by atoms with Crippen molar-refractivity contribution >= 4 is 33.2 Å². The van der Waals surface area contributed by atoms with Gasteiger partial charge in [-0.2, -0.15) is 0 Å². The van der Waals surface area contributed by atoms with Gasteiger partial charge in [-0.15, -0.1) is 0 Å². The SMILES string of the molecule is COc1ccccc1NS(=O)(=O)c1cc(C(=O)N2CCc3ccccc3C2)ccc1Cl. The van der Waals surface area contributed by atoms with Crippen LogP contribution in [0.2, 0.25) is 5.02 Å². The van der Waals surface area contributed by atoms with Crippen LogP contribution in [0.15, 0.2) is 71.6 Å². The first-order chi connectivity index (χ1) is 14.9. The number of hydrogen-bond donors (Lipinski definition) is 1. The van der Waals surface area contributed by atoms with Gasteiger partial charge >= 0.3 is 0 Å². The molecule has 1 N–H and O–H groups in total. The lowest BCUT2D eigenvalue weighted by Crippen LogP contribution is -2.36. The molecular formula is C23H21ClN2O4S. The Bertz CT molecular complexity index is 1240. The number of nitrogens with one attached hydrogen (secondary N) is 1. The van der Waals surface area contributed by atoms with Crippen LogP contribution in [0, 0.1) is 0 Å². The van der Waals surface area contributed by atoms with Crippen molar-refractivity contribution in [3.8, 4) is 5.75 Å². The maximum atomic E-state index is 13.1. The average Bonchev–Trinajstić information content (AvgIpc) is 2.78. The Morgan fingerprint density at radius 1 is 1.03 bits per heavy atom. The lowest BCUT2D eigenvalue weighted by atomic mass is 9.99. The molecule has 0 spiro atoms. The van der Waals surface area contributed by atoms with Crippen LogP contribution < -0.4 is 9.46 Å². The number of hydrogen-bond acceptors (Lipinski definition) is 4. The van der Waals surface area contributed by atoms with Crippen molar-refractivity contribution in [1.82, 2.24) is 4.90 Å². The second kappa shape index (κ2) is 8.61. The van der Waals surface area contributed by atoms with Crippen LogP contribution >= 0.6 is 11.6 Å². The Morgan fingerprint density at radius 2 is 1.74 bits per heavy atom. The summed E-state index contributed by atoms with van der Waals surface area (Å²) in [4.78, 5) is 14.7. The van der Waals surface area contributed by atoms with Crippen LogP contribution in [-0.2, 0) is 23.0 Å². The van der Waals surface area contributed by atoms with Gasteiger partial charge in [-0.3, -0.25) is 9.52 Å². The van der Waals surface area contributed by atoms with E-state index in [4.69, 9.17) is 16.3 Å². The number of carbonyl (C=O) groups excluding carboxylic acids is 1. The topological polar surface area (TPSA) is 75.7 Å². The molecule has 160 valence electrons. The molecule has 0 unspecified atom stereocenters. The van der Waals surface area contributed by atoms with E-state index in [0.717, 1.165) is 12.0 Å². The minimum atomic E-state index is -4.04. The zero-order chi connectivity index (χ0) is 22.0. The standard InChI is InChI=1S/C23H21ClN2O4S/c1-30-21-9-5-4-8-20(21)25-31(28,29)22-14-17(10-11-19(22)24)23(27)26-13-12-16-6-2-3-7-18(16)15-26/h2-11,14,25H,12-13,15H2,1H3. The molecule has 0 saturated heterocycles. The maximum Gasteiger partial charge on any atom is 0.263 e. The summed E-state index contributed by atoms with van der Waals surface area (Å²) in [7, 11) is -2.59. The van der Waals surface area contributed by atoms with Gasteiger partial charge in [0.2, 0.25) is 0 Å². The molecule has 4 rings (SSSR count). The molecule has 1 heterocycles. The highest BCUT2D eigenvalue weighted by molar-refractivity contribution is 7.92. The number of benzene rings is 3. The summed E-state index contributed by atoms with van der Waals surface area (Å²) in [5, 5.41) is 0.0305. The number of anilines is 1. The van der Waals surface area contributed by atoms with Crippen molar-refractivity contribution in [2.24, 2.45) is 0 Å². The van der Waals surface area contributed by atoms with Gasteiger partial charge in [0.15, 0.2) is 0 Å². The Balaban J connectivity index is 1.62. The van der Waals surface area contributed by atoms with Crippen LogP contribution in [0.1, 0.15) is 21.5 Å². The van der Waals surface area contributed by atoms with Crippen molar-refractivity contribution in [1.29, 1.82) is 0 Å². The summed E-state index contributed by atoms with van der Waals surface area (Å²) in [5.41, 5.74) is 2.88. The Kier molecular flexibility index (Phi) is 5.89. The monoisotopic (exact) mass is 456 g/mol. The van der Waals surface area contributed by atoms with E-state index in [-0.39, 0.29) is 27.1 Å². The van der Waals surface area contributed by atoms with Gasteiger partial charge < -0.3 is 9.64 Å². The minimum absolute atomic E-state index is 0.0305. The number of halogens is 1. The first-order valence-corrected chi connectivity index (χ1v) is 11.6. The molecular weight excluding hydrogens is 436 g/mol. The summed E-state index contributed by atoms with van der Waals surface area (Å²) >= 11 is 6.20. The maximum absolute atomic E-state index is 13.1. The average molecular weight is 457 g/mol. The van der Waals surface area contributed by atoms with Crippen molar-refractivity contribution in [2.75, 3.05) is 18.4 Å². The smallest absolute Gasteiger partial charge is 0.263 e. The number of ether oxygens (including phenoxy) is 1. The van der Waals surface area contributed by atoms with Gasteiger partial charge in [0, 0.05) is 18.7 Å². The molecule has 1 aliphatic heterocycles. The van der Waals surface area contributed by atoms with Crippen LogP contribution in [0.5, 0.6) is 5.75 Å². The van der Waals surface area contributed by atoms with E-state index in [1.807, 2.05) is 18.2 Å². The largest absolute Gasteiger partial charge is 0.495 e. The molecule has 0 atom stereocenters. The lowest BCUT2D eigenvalue weighted by Gasteiger charge is -2.29. The number of sulfonamides is 1. The molecule has 0 saturated carbocycles. The van der Waals surface area contributed by atoms with E-state index in [9.17, 15) is 13.2 Å². The molecule has 0 fully saturated rings. The Labute approximate surface area is 186 Å². The van der Waals surface area contributed by atoms with Gasteiger partial charge in [-0.1, -0.05) is 48.0 Å². The van der Waals surface area contributed by atoms with Crippen molar-refractivity contribution in [3.63, 3.8) is 0 Å².